The fourth-order valence-corrected chi connectivity index (χ4v) is 3.04. The molecule has 0 spiro atoms. The molecule has 0 bridgehead atoms. The van der Waals surface area contributed by atoms with Gasteiger partial charge in [-0.1, -0.05) is 12.1 Å². The van der Waals surface area contributed by atoms with Gasteiger partial charge in [-0.2, -0.15) is 0 Å². The van der Waals surface area contributed by atoms with E-state index >= 15 is 0 Å². The van der Waals surface area contributed by atoms with Crippen molar-refractivity contribution in [3.63, 3.8) is 0 Å². The monoisotopic (exact) mass is 443 g/mol. The Bertz CT molecular complexity index is 915. The van der Waals surface area contributed by atoms with E-state index in [0.29, 0.717) is 17.9 Å². The van der Waals surface area contributed by atoms with Crippen molar-refractivity contribution in [3.8, 4) is 0 Å². The molecule has 9 nitrogen and oxygen atoms in total. The first kappa shape index (κ1) is 23.0. The Kier molecular flexibility index (Phi) is 8.38. The molecule has 170 valence electrons. The lowest BCUT2D eigenvalue weighted by atomic mass is 10.2. The van der Waals surface area contributed by atoms with Gasteiger partial charge in [-0.05, 0) is 54.8 Å². The highest BCUT2D eigenvalue weighted by molar-refractivity contribution is 5.95. The number of carbonyl (C=O) groups excluding carboxylic acids is 3. The lowest BCUT2D eigenvalue weighted by Gasteiger charge is -2.12. The van der Waals surface area contributed by atoms with Crippen LogP contribution in [-0.4, -0.2) is 43.8 Å². The van der Waals surface area contributed by atoms with E-state index in [1.165, 1.54) is 12.1 Å². The van der Waals surface area contributed by atoms with E-state index < -0.39 is 11.9 Å². The van der Waals surface area contributed by atoms with Crippen LogP contribution in [0, 0.1) is 5.82 Å². The van der Waals surface area contributed by atoms with Crippen molar-refractivity contribution in [1.82, 2.24) is 16.0 Å². The molecule has 1 aliphatic rings. The summed E-state index contributed by atoms with van der Waals surface area (Å²) >= 11 is 0. The van der Waals surface area contributed by atoms with Crippen molar-refractivity contribution in [2.75, 3.05) is 30.3 Å². The summed E-state index contributed by atoms with van der Waals surface area (Å²) in [7, 11) is 0. The molecule has 1 unspecified atom stereocenters. The molecular weight excluding hydrogens is 417 g/mol. The average molecular weight is 443 g/mol. The number of benzene rings is 2. The fourth-order valence-electron chi connectivity index (χ4n) is 3.04. The van der Waals surface area contributed by atoms with E-state index in [0.717, 1.165) is 25.0 Å². The lowest BCUT2D eigenvalue weighted by Crippen LogP contribution is -2.39. The van der Waals surface area contributed by atoms with Gasteiger partial charge in [0.2, 0.25) is 5.91 Å². The molecule has 32 heavy (non-hydrogen) atoms. The molecule has 5 N–H and O–H groups in total. The van der Waals surface area contributed by atoms with Crippen LogP contribution in [0.3, 0.4) is 0 Å². The summed E-state index contributed by atoms with van der Waals surface area (Å²) in [5.41, 5.74) is 1.83. The number of carbonyl (C=O) groups is 3. The third-order valence-corrected chi connectivity index (χ3v) is 4.72. The van der Waals surface area contributed by atoms with E-state index in [4.69, 9.17) is 4.74 Å². The lowest BCUT2D eigenvalue weighted by molar-refractivity contribution is -0.115. The van der Waals surface area contributed by atoms with Crippen molar-refractivity contribution in [3.05, 3.63) is 59.9 Å². The molecule has 1 heterocycles. The Hall–Kier alpha value is -3.66. The number of urea groups is 2. The van der Waals surface area contributed by atoms with Gasteiger partial charge in [-0.15, -0.1) is 0 Å². The number of hydrogen-bond donors (Lipinski definition) is 5. The van der Waals surface area contributed by atoms with Crippen LogP contribution in [0.15, 0.2) is 48.5 Å². The van der Waals surface area contributed by atoms with Crippen LogP contribution < -0.4 is 26.6 Å². The quantitative estimate of drug-likeness (QED) is 0.431. The molecule has 3 rings (SSSR count). The summed E-state index contributed by atoms with van der Waals surface area (Å²) < 4.78 is 18.3. The Labute approximate surface area is 185 Å². The first-order chi connectivity index (χ1) is 15.5. The van der Waals surface area contributed by atoms with Crippen molar-refractivity contribution < 1.29 is 23.5 Å². The first-order valence-electron chi connectivity index (χ1n) is 10.3. The number of anilines is 2. The van der Waals surface area contributed by atoms with Crippen molar-refractivity contribution in [1.29, 1.82) is 0 Å². The molecule has 5 amide bonds. The van der Waals surface area contributed by atoms with Crippen molar-refractivity contribution in [2.45, 2.75) is 25.5 Å². The van der Waals surface area contributed by atoms with E-state index in [9.17, 15) is 18.8 Å². The summed E-state index contributed by atoms with van der Waals surface area (Å²) in [5, 5.41) is 13.2. The minimum absolute atomic E-state index is 0.0666. The summed E-state index contributed by atoms with van der Waals surface area (Å²) in [6, 6.07) is 11.5. The zero-order valence-electron chi connectivity index (χ0n) is 17.4. The van der Waals surface area contributed by atoms with Gasteiger partial charge in [0.1, 0.15) is 5.82 Å². The molecule has 1 saturated heterocycles. The fraction of sp³-hybridized carbons (Fsp3) is 0.318. The Morgan fingerprint density at radius 2 is 1.56 bits per heavy atom. The first-order valence-corrected chi connectivity index (χ1v) is 10.3. The van der Waals surface area contributed by atoms with Gasteiger partial charge >= 0.3 is 12.1 Å². The number of nitrogens with one attached hydrogen (secondary N) is 5. The van der Waals surface area contributed by atoms with E-state index in [1.807, 2.05) is 0 Å². The topological polar surface area (TPSA) is 121 Å². The molecule has 10 heteroatoms. The van der Waals surface area contributed by atoms with E-state index in [-0.39, 0.29) is 31.0 Å². The summed E-state index contributed by atoms with van der Waals surface area (Å²) in [5.74, 6) is -0.756. The largest absolute Gasteiger partial charge is 0.376 e. The van der Waals surface area contributed by atoms with Crippen LogP contribution in [-0.2, 0) is 16.1 Å². The molecule has 0 aromatic heterocycles. The van der Waals surface area contributed by atoms with Gasteiger partial charge in [0.05, 0.1) is 12.6 Å². The van der Waals surface area contributed by atoms with Crippen LogP contribution in [0.25, 0.3) is 0 Å². The zero-order chi connectivity index (χ0) is 22.8. The van der Waals surface area contributed by atoms with Gasteiger partial charge in [-0.25, -0.2) is 14.0 Å². The molecule has 0 radical (unpaired) electrons. The Balaban J connectivity index is 1.33. The highest BCUT2D eigenvalue weighted by Gasteiger charge is 2.16. The number of halogens is 1. The smallest absolute Gasteiger partial charge is 0.319 e. The number of hydrogen-bond acceptors (Lipinski definition) is 4. The zero-order valence-corrected chi connectivity index (χ0v) is 17.4. The standard InChI is InChI=1S/C22H26FN5O4/c23-16-5-3-15(4-6-16)12-24-21(30)26-14-20(29)27-17-7-9-18(10-8-17)28-22(31)25-13-19-2-1-11-32-19/h3-10,19H,1-2,11-14H2,(H,27,29)(H2,24,26,30)(H2,25,28,31). The molecule has 1 atom stereocenters. The molecule has 2 aromatic rings. The van der Waals surface area contributed by atoms with E-state index in [2.05, 4.69) is 26.6 Å². The summed E-state index contributed by atoms with van der Waals surface area (Å²) in [4.78, 5) is 35.7. The van der Waals surface area contributed by atoms with Gasteiger partial charge in [0, 0.05) is 31.1 Å². The number of ether oxygens (including phenoxy) is 1. The second-order valence-electron chi connectivity index (χ2n) is 7.26. The SMILES string of the molecule is O=C(CNC(=O)NCc1ccc(F)cc1)Nc1ccc(NC(=O)NCC2CCCO2)cc1. The van der Waals surface area contributed by atoms with Gasteiger partial charge in [-0.3, -0.25) is 4.79 Å². The van der Waals surface area contributed by atoms with Gasteiger partial charge < -0.3 is 31.3 Å². The highest BCUT2D eigenvalue weighted by atomic mass is 19.1. The Morgan fingerprint density at radius 3 is 2.22 bits per heavy atom. The normalized spacial score (nSPS) is 15.0. The Morgan fingerprint density at radius 1 is 0.875 bits per heavy atom. The van der Waals surface area contributed by atoms with Crippen LogP contribution >= 0.6 is 0 Å². The number of rotatable bonds is 8. The maximum atomic E-state index is 12.9. The van der Waals surface area contributed by atoms with Crippen LogP contribution in [0.2, 0.25) is 0 Å². The number of amides is 5. The van der Waals surface area contributed by atoms with Crippen molar-refractivity contribution in [2.24, 2.45) is 0 Å². The average Bonchev–Trinajstić information content (AvgIpc) is 3.31. The molecular formula is C22H26FN5O4. The molecule has 0 saturated carbocycles. The van der Waals surface area contributed by atoms with Gasteiger partial charge in [0.15, 0.2) is 0 Å². The van der Waals surface area contributed by atoms with Crippen LogP contribution in [0.4, 0.5) is 25.4 Å². The molecule has 1 aliphatic heterocycles. The minimum atomic E-state index is -0.516. The molecule has 0 aliphatic carbocycles. The van der Waals surface area contributed by atoms with E-state index in [1.54, 1.807) is 36.4 Å². The highest BCUT2D eigenvalue weighted by Crippen LogP contribution is 2.14. The van der Waals surface area contributed by atoms with Crippen LogP contribution in [0.5, 0.6) is 0 Å². The predicted molar refractivity (Wildman–Crippen MR) is 118 cm³/mol. The summed E-state index contributed by atoms with van der Waals surface area (Å²) in [6.07, 6.45) is 2.02. The van der Waals surface area contributed by atoms with Crippen LogP contribution in [0.1, 0.15) is 18.4 Å². The maximum Gasteiger partial charge on any atom is 0.319 e. The summed E-state index contributed by atoms with van der Waals surface area (Å²) in [6.45, 7) is 1.19. The molecule has 2 aromatic carbocycles. The maximum absolute atomic E-state index is 12.9. The molecule has 1 fully saturated rings. The van der Waals surface area contributed by atoms with Gasteiger partial charge in [0.25, 0.3) is 0 Å². The minimum Gasteiger partial charge on any atom is -0.376 e. The second-order valence-corrected chi connectivity index (χ2v) is 7.26. The van der Waals surface area contributed by atoms with Crippen molar-refractivity contribution >= 4 is 29.3 Å². The third kappa shape index (κ3) is 7.88. The predicted octanol–water partition coefficient (Wildman–Crippen LogP) is 2.56. The second kappa shape index (κ2) is 11.7. The third-order valence-electron chi connectivity index (χ3n) is 4.72.